The van der Waals surface area contributed by atoms with E-state index in [1.165, 1.54) is 0 Å². The third-order valence-corrected chi connectivity index (χ3v) is 3.88. The number of imidazole rings is 1. The van der Waals surface area contributed by atoms with Crippen molar-refractivity contribution >= 4 is 30.0 Å². The number of pyridine rings is 1. The van der Waals surface area contributed by atoms with Gasteiger partial charge in [0.05, 0.1) is 5.52 Å². The Morgan fingerprint density at radius 3 is 2.50 bits per heavy atom. The normalized spacial score (nSPS) is 11.2. The molecule has 0 unspecified atom stereocenters. The van der Waals surface area contributed by atoms with Gasteiger partial charge in [-0.15, -0.1) is 0 Å². The molecule has 24 heavy (non-hydrogen) atoms. The third kappa shape index (κ3) is 3.03. The Morgan fingerprint density at radius 1 is 1.21 bits per heavy atom. The van der Waals surface area contributed by atoms with Crippen molar-refractivity contribution in [3.63, 3.8) is 0 Å². The Hall–Kier alpha value is -2.67. The van der Waals surface area contributed by atoms with Crippen LogP contribution in [0.2, 0.25) is 0 Å². The Bertz CT molecular complexity index is 887. The van der Waals surface area contributed by atoms with Crippen molar-refractivity contribution in [2.75, 3.05) is 0 Å². The predicted molar refractivity (Wildman–Crippen MR) is 93.3 cm³/mol. The third-order valence-electron chi connectivity index (χ3n) is 3.88. The number of nitrogens with zero attached hydrogens (tertiary/aromatic N) is 3. The number of amides is 1. The first-order valence-corrected chi connectivity index (χ1v) is 7.73. The van der Waals surface area contributed by atoms with Gasteiger partial charge in [-0.2, -0.15) is 0 Å². The molecule has 0 saturated heterocycles. The van der Waals surface area contributed by atoms with Gasteiger partial charge < -0.3 is 15.3 Å². The summed E-state index contributed by atoms with van der Waals surface area (Å²) in [5, 5.41) is 9.03. The molecule has 3 aromatic rings. The van der Waals surface area contributed by atoms with Gasteiger partial charge in [0.1, 0.15) is 11.5 Å². The van der Waals surface area contributed by atoms with E-state index in [1.54, 1.807) is 6.07 Å². The number of benzene rings is 1. The largest absolute Gasteiger partial charge is 0.450 e. The van der Waals surface area contributed by atoms with Crippen molar-refractivity contribution in [1.29, 1.82) is 0 Å². The lowest BCUT2D eigenvalue weighted by atomic mass is 9.88. The summed E-state index contributed by atoms with van der Waals surface area (Å²) in [5.41, 5.74) is 8.74. The van der Waals surface area contributed by atoms with Crippen molar-refractivity contribution in [1.82, 2.24) is 14.5 Å². The van der Waals surface area contributed by atoms with E-state index < -0.39 is 5.91 Å². The first-order chi connectivity index (χ1) is 11.5. The molecule has 0 spiro atoms. The molecule has 0 aliphatic heterocycles. The van der Waals surface area contributed by atoms with Crippen LogP contribution in [0.25, 0.3) is 11.2 Å². The summed E-state index contributed by atoms with van der Waals surface area (Å²) in [6.07, 6.45) is 0. The maximum atomic E-state index is 11.3. The van der Waals surface area contributed by atoms with E-state index in [4.69, 9.17) is 10.8 Å². The number of hydrogen-bond acceptors (Lipinski definition) is 4. The number of fused-ring (bicyclic) bond motifs is 1. The van der Waals surface area contributed by atoms with Crippen LogP contribution in [0.5, 0.6) is 0 Å². The van der Waals surface area contributed by atoms with Crippen molar-refractivity contribution in [3.8, 4) is 0 Å². The zero-order valence-corrected chi connectivity index (χ0v) is 13.6. The first-order valence-electron chi connectivity index (χ1n) is 7.73. The highest BCUT2D eigenvalue weighted by Crippen LogP contribution is 2.22. The van der Waals surface area contributed by atoms with E-state index in [1.807, 2.05) is 30.3 Å². The summed E-state index contributed by atoms with van der Waals surface area (Å²) >= 11 is 0. The molecule has 3 N–H and O–H groups in total. The number of hydrogen-bond donors (Lipinski definition) is 2. The number of aromatic nitrogens is 3. The van der Waals surface area contributed by atoms with E-state index in [0.717, 1.165) is 29.8 Å². The second kappa shape index (κ2) is 6.45. The van der Waals surface area contributed by atoms with Crippen LogP contribution in [0.15, 0.2) is 36.4 Å². The average molecular weight is 321 g/mol. The Kier molecular flexibility index (Phi) is 4.35. The highest BCUT2D eigenvalue weighted by molar-refractivity contribution is 6.45. The molecule has 1 amide bonds. The highest BCUT2D eigenvalue weighted by atomic mass is 16.2. The molecule has 1 radical (unpaired) electrons. The Morgan fingerprint density at radius 2 is 1.92 bits per heavy atom. The minimum absolute atomic E-state index is 0.210. The van der Waals surface area contributed by atoms with Gasteiger partial charge in [-0.05, 0) is 17.7 Å². The van der Waals surface area contributed by atoms with Crippen LogP contribution >= 0.6 is 0 Å². The summed E-state index contributed by atoms with van der Waals surface area (Å²) < 4.78 is 2.09. The number of primary amides is 1. The number of carbonyl (C=O) groups is 1. The quantitative estimate of drug-likeness (QED) is 0.684. The lowest BCUT2D eigenvalue weighted by molar-refractivity contribution is 0.0996. The maximum absolute atomic E-state index is 11.3. The smallest absolute Gasteiger partial charge is 0.326 e. The minimum atomic E-state index is -0.562. The highest BCUT2D eigenvalue weighted by Gasteiger charge is 2.16. The summed E-state index contributed by atoms with van der Waals surface area (Å²) in [6, 6.07) is 11.1. The fourth-order valence-electron chi connectivity index (χ4n) is 2.66. The molecule has 7 heteroatoms. The molecular formula is C17H18BN4O2. The van der Waals surface area contributed by atoms with Crippen LogP contribution in [0.1, 0.15) is 41.6 Å². The van der Waals surface area contributed by atoms with Crippen molar-refractivity contribution < 1.29 is 9.82 Å². The molecule has 0 atom stereocenters. The molecule has 121 valence electrons. The van der Waals surface area contributed by atoms with Gasteiger partial charge >= 0.3 is 7.48 Å². The van der Waals surface area contributed by atoms with Crippen LogP contribution in [-0.4, -0.2) is 32.9 Å². The standard InChI is InChI=1S/C17H18BN4O2/c1-10(2)17-21-16-14(8-7-13(20-16)15(19)23)22(17)9-11-3-5-12(18-24)6-4-11/h3-8,10,24H,9H2,1-2H3,(H2,19,23). The number of carbonyl (C=O) groups excluding carboxylic acids is 1. The number of rotatable bonds is 5. The van der Waals surface area contributed by atoms with Gasteiger partial charge in [0.25, 0.3) is 5.91 Å². The zero-order chi connectivity index (χ0) is 17.3. The van der Waals surface area contributed by atoms with Crippen LogP contribution in [0, 0.1) is 0 Å². The van der Waals surface area contributed by atoms with Gasteiger partial charge in [-0.3, -0.25) is 4.79 Å². The van der Waals surface area contributed by atoms with Crippen molar-refractivity contribution in [2.45, 2.75) is 26.3 Å². The summed E-state index contributed by atoms with van der Waals surface area (Å²) in [4.78, 5) is 20.2. The van der Waals surface area contributed by atoms with E-state index in [2.05, 4.69) is 28.4 Å². The second-order valence-corrected chi connectivity index (χ2v) is 5.99. The fourth-order valence-corrected chi connectivity index (χ4v) is 2.66. The molecule has 0 saturated carbocycles. The van der Waals surface area contributed by atoms with Crippen LogP contribution < -0.4 is 11.2 Å². The molecule has 0 bridgehead atoms. The van der Waals surface area contributed by atoms with Gasteiger partial charge in [-0.25, -0.2) is 9.97 Å². The van der Waals surface area contributed by atoms with Crippen molar-refractivity contribution in [2.24, 2.45) is 5.73 Å². The Labute approximate surface area is 140 Å². The Balaban J connectivity index is 2.06. The molecule has 0 fully saturated rings. The van der Waals surface area contributed by atoms with Crippen molar-refractivity contribution in [3.05, 3.63) is 53.5 Å². The summed E-state index contributed by atoms with van der Waals surface area (Å²) in [5.74, 6) is 0.548. The van der Waals surface area contributed by atoms with Crippen LogP contribution in [0.4, 0.5) is 0 Å². The summed E-state index contributed by atoms with van der Waals surface area (Å²) in [7, 11) is 1.07. The molecule has 0 aliphatic rings. The van der Waals surface area contributed by atoms with E-state index in [0.29, 0.717) is 12.2 Å². The van der Waals surface area contributed by atoms with E-state index in [9.17, 15) is 4.79 Å². The van der Waals surface area contributed by atoms with Crippen LogP contribution in [-0.2, 0) is 6.54 Å². The SMILES string of the molecule is CC(C)c1nc2nc(C(N)=O)ccc2n1Cc1ccc([B]O)cc1. The lowest BCUT2D eigenvalue weighted by Gasteiger charge is -2.11. The molecule has 0 aliphatic carbocycles. The molecule has 6 nitrogen and oxygen atoms in total. The molecule has 2 aromatic heterocycles. The predicted octanol–water partition coefficient (Wildman–Crippen LogP) is 0.939. The zero-order valence-electron chi connectivity index (χ0n) is 13.6. The average Bonchev–Trinajstić information content (AvgIpc) is 2.93. The van der Waals surface area contributed by atoms with Gasteiger partial charge in [0.2, 0.25) is 0 Å². The van der Waals surface area contributed by atoms with E-state index in [-0.39, 0.29) is 11.6 Å². The second-order valence-electron chi connectivity index (χ2n) is 5.99. The monoisotopic (exact) mass is 321 g/mol. The first kappa shape index (κ1) is 16.2. The van der Waals surface area contributed by atoms with Crippen LogP contribution in [0.3, 0.4) is 0 Å². The fraction of sp³-hybridized carbons (Fsp3) is 0.235. The van der Waals surface area contributed by atoms with E-state index >= 15 is 0 Å². The summed E-state index contributed by atoms with van der Waals surface area (Å²) in [6.45, 7) is 4.76. The maximum Gasteiger partial charge on any atom is 0.326 e. The topological polar surface area (TPSA) is 94.0 Å². The molecule has 2 heterocycles. The van der Waals surface area contributed by atoms with Gasteiger partial charge in [-0.1, -0.05) is 43.6 Å². The molecule has 3 rings (SSSR count). The van der Waals surface area contributed by atoms with Gasteiger partial charge in [0.15, 0.2) is 5.65 Å². The minimum Gasteiger partial charge on any atom is -0.450 e. The van der Waals surface area contributed by atoms with Gasteiger partial charge in [0, 0.05) is 12.5 Å². The lowest BCUT2D eigenvalue weighted by Crippen LogP contribution is -2.14. The molecular weight excluding hydrogens is 303 g/mol. The molecule has 1 aromatic carbocycles. The number of nitrogens with two attached hydrogens (primary N) is 1.